The first-order valence-electron chi connectivity index (χ1n) is 10.3. The molecule has 0 heterocycles. The maximum atomic E-state index is 11.6. The molecular formula is C26H30O5. The fourth-order valence-electron chi connectivity index (χ4n) is 4.12. The average Bonchev–Trinajstić information content (AvgIpc) is 2.74. The van der Waals surface area contributed by atoms with Crippen LogP contribution in [0.15, 0.2) is 30.3 Å². The van der Waals surface area contributed by atoms with E-state index in [2.05, 4.69) is 44.3 Å². The number of ether oxygens (including phenoxy) is 2. The molecule has 0 amide bonds. The summed E-state index contributed by atoms with van der Waals surface area (Å²) in [6, 6.07) is 8.48. The van der Waals surface area contributed by atoms with E-state index in [1.54, 1.807) is 13.2 Å². The number of aromatic hydroxyl groups is 1. The van der Waals surface area contributed by atoms with Crippen molar-refractivity contribution in [3.05, 3.63) is 58.1 Å². The minimum Gasteiger partial charge on any atom is -0.507 e. The van der Waals surface area contributed by atoms with Crippen molar-refractivity contribution in [3.63, 3.8) is 0 Å². The summed E-state index contributed by atoms with van der Waals surface area (Å²) in [6.07, 6.45) is 1.08. The zero-order valence-electron chi connectivity index (χ0n) is 19.0. The van der Waals surface area contributed by atoms with Crippen LogP contribution in [-0.4, -0.2) is 30.4 Å². The Kier molecular flexibility index (Phi) is 6.07. The molecule has 0 spiro atoms. The molecule has 31 heavy (non-hydrogen) atoms. The average molecular weight is 423 g/mol. The molecular weight excluding hydrogens is 392 g/mol. The first-order valence-corrected chi connectivity index (χ1v) is 10.3. The van der Waals surface area contributed by atoms with Gasteiger partial charge in [0.1, 0.15) is 23.2 Å². The smallest absolute Gasteiger partial charge is 0.341 e. The summed E-state index contributed by atoms with van der Waals surface area (Å²) in [5.41, 5.74) is 3.64. The molecule has 0 fully saturated rings. The van der Waals surface area contributed by atoms with Gasteiger partial charge < -0.3 is 19.7 Å². The van der Waals surface area contributed by atoms with Gasteiger partial charge in [-0.3, -0.25) is 0 Å². The fourth-order valence-corrected chi connectivity index (χ4v) is 4.12. The van der Waals surface area contributed by atoms with E-state index in [0.29, 0.717) is 16.9 Å². The summed E-state index contributed by atoms with van der Waals surface area (Å²) < 4.78 is 10.2. The Hall–Kier alpha value is -2.97. The number of benzene rings is 2. The zero-order valence-corrected chi connectivity index (χ0v) is 19.0. The van der Waals surface area contributed by atoms with E-state index < -0.39 is 12.1 Å². The van der Waals surface area contributed by atoms with Gasteiger partial charge in [-0.25, -0.2) is 4.79 Å². The van der Waals surface area contributed by atoms with Crippen molar-refractivity contribution in [1.82, 2.24) is 0 Å². The van der Waals surface area contributed by atoms with Crippen LogP contribution in [0.1, 0.15) is 79.3 Å². The SMILES string of the molecule is COC(=O)c1ccc(C#CC(O)c2cc3c(cc2OC)C(C)(C)CCC3(C)C)cc1O. The van der Waals surface area contributed by atoms with E-state index in [0.717, 1.165) is 12.8 Å². The highest BCUT2D eigenvalue weighted by Gasteiger charge is 2.38. The number of carbonyl (C=O) groups is 1. The molecule has 1 aliphatic carbocycles. The zero-order chi connectivity index (χ0) is 23.0. The lowest BCUT2D eigenvalue weighted by Crippen LogP contribution is -2.34. The summed E-state index contributed by atoms with van der Waals surface area (Å²) in [4.78, 5) is 11.6. The topological polar surface area (TPSA) is 76.0 Å². The lowest BCUT2D eigenvalue weighted by atomic mass is 9.62. The number of hydrogen-bond donors (Lipinski definition) is 2. The third kappa shape index (κ3) is 4.40. The van der Waals surface area contributed by atoms with Crippen molar-refractivity contribution in [2.75, 3.05) is 14.2 Å². The molecule has 5 heteroatoms. The quantitative estimate of drug-likeness (QED) is 0.558. The second-order valence-corrected chi connectivity index (χ2v) is 9.30. The molecule has 164 valence electrons. The number of aliphatic hydroxyl groups is 1. The van der Waals surface area contributed by atoms with Crippen molar-refractivity contribution in [2.45, 2.75) is 57.5 Å². The van der Waals surface area contributed by atoms with Crippen molar-refractivity contribution in [3.8, 4) is 23.3 Å². The number of methoxy groups -OCH3 is 2. The van der Waals surface area contributed by atoms with Gasteiger partial charge in [0.05, 0.1) is 14.2 Å². The Morgan fingerprint density at radius 3 is 2.19 bits per heavy atom. The monoisotopic (exact) mass is 422 g/mol. The molecule has 0 radical (unpaired) electrons. The Bertz CT molecular complexity index is 1070. The third-order valence-corrected chi connectivity index (χ3v) is 6.25. The number of fused-ring (bicyclic) bond motifs is 1. The summed E-state index contributed by atoms with van der Waals surface area (Å²) in [5, 5.41) is 20.9. The molecule has 2 aromatic rings. The van der Waals surface area contributed by atoms with Gasteiger partial charge >= 0.3 is 5.97 Å². The van der Waals surface area contributed by atoms with Crippen LogP contribution in [0.3, 0.4) is 0 Å². The number of esters is 1. The first-order chi connectivity index (χ1) is 14.5. The van der Waals surface area contributed by atoms with Crippen LogP contribution < -0.4 is 4.74 Å². The van der Waals surface area contributed by atoms with Gasteiger partial charge in [0.2, 0.25) is 0 Å². The number of aliphatic hydroxyl groups excluding tert-OH is 1. The third-order valence-electron chi connectivity index (χ3n) is 6.25. The highest BCUT2D eigenvalue weighted by atomic mass is 16.5. The predicted octanol–water partition coefficient (Wildman–Crippen LogP) is 4.62. The number of rotatable bonds is 3. The van der Waals surface area contributed by atoms with Crippen molar-refractivity contribution in [2.24, 2.45) is 0 Å². The number of carbonyl (C=O) groups excluding carboxylic acids is 1. The van der Waals surface area contributed by atoms with E-state index in [1.807, 2.05) is 12.1 Å². The lowest BCUT2D eigenvalue weighted by Gasteiger charge is -2.42. The van der Waals surface area contributed by atoms with Gasteiger partial charge in [-0.1, -0.05) is 39.5 Å². The minimum atomic E-state index is -1.07. The van der Waals surface area contributed by atoms with E-state index >= 15 is 0 Å². The molecule has 1 atom stereocenters. The largest absolute Gasteiger partial charge is 0.507 e. The molecule has 2 aromatic carbocycles. The van der Waals surface area contributed by atoms with Gasteiger partial charge in [0.25, 0.3) is 0 Å². The van der Waals surface area contributed by atoms with Crippen molar-refractivity contribution in [1.29, 1.82) is 0 Å². The lowest BCUT2D eigenvalue weighted by molar-refractivity contribution is 0.0597. The highest BCUT2D eigenvalue weighted by Crippen LogP contribution is 2.48. The van der Waals surface area contributed by atoms with Crippen LogP contribution in [0, 0.1) is 11.8 Å². The second-order valence-electron chi connectivity index (χ2n) is 9.30. The molecule has 1 aliphatic rings. The normalized spacial score (nSPS) is 17.0. The fraction of sp³-hybridized carbons (Fsp3) is 0.423. The molecule has 5 nitrogen and oxygen atoms in total. The maximum Gasteiger partial charge on any atom is 0.341 e. The molecule has 1 unspecified atom stereocenters. The van der Waals surface area contributed by atoms with E-state index in [4.69, 9.17) is 4.74 Å². The van der Waals surface area contributed by atoms with Gasteiger partial charge in [-0.15, -0.1) is 0 Å². The standard InChI is InChI=1S/C26H30O5/c1-25(2)11-12-26(3,4)20-15-23(30-5)18(14-19(20)25)21(27)10-8-16-7-9-17(22(28)13-16)24(29)31-6/h7,9,13-15,21,27-28H,11-12H2,1-6H3. The molecule has 2 N–H and O–H groups in total. The first kappa shape index (κ1) is 22.7. The molecule has 0 bridgehead atoms. The molecule has 0 saturated carbocycles. The molecule has 0 aromatic heterocycles. The Balaban J connectivity index is 1.99. The summed E-state index contributed by atoms with van der Waals surface area (Å²) in [7, 11) is 2.84. The molecule has 0 saturated heterocycles. The summed E-state index contributed by atoms with van der Waals surface area (Å²) in [5.74, 6) is 5.47. The van der Waals surface area contributed by atoms with E-state index in [1.165, 1.54) is 30.4 Å². The van der Waals surface area contributed by atoms with Gasteiger partial charge in [-0.2, -0.15) is 0 Å². The van der Waals surface area contributed by atoms with Crippen LogP contribution >= 0.6 is 0 Å². The number of hydrogen-bond acceptors (Lipinski definition) is 5. The van der Waals surface area contributed by atoms with Crippen LogP contribution in [-0.2, 0) is 15.6 Å². The van der Waals surface area contributed by atoms with E-state index in [-0.39, 0.29) is 22.1 Å². The summed E-state index contributed by atoms with van der Waals surface area (Å²) >= 11 is 0. The highest BCUT2D eigenvalue weighted by molar-refractivity contribution is 5.92. The number of phenols is 1. The molecule has 0 aliphatic heterocycles. The maximum absolute atomic E-state index is 11.6. The molecule has 3 rings (SSSR count). The Morgan fingerprint density at radius 2 is 1.65 bits per heavy atom. The Morgan fingerprint density at radius 1 is 1.03 bits per heavy atom. The minimum absolute atomic E-state index is 0.00543. The van der Waals surface area contributed by atoms with Crippen LogP contribution in [0.25, 0.3) is 0 Å². The van der Waals surface area contributed by atoms with Gasteiger partial charge in [0.15, 0.2) is 0 Å². The second kappa shape index (κ2) is 8.28. The van der Waals surface area contributed by atoms with Gasteiger partial charge in [0, 0.05) is 11.1 Å². The van der Waals surface area contributed by atoms with E-state index in [9.17, 15) is 15.0 Å². The van der Waals surface area contributed by atoms with Crippen LogP contribution in [0.5, 0.6) is 11.5 Å². The van der Waals surface area contributed by atoms with Crippen molar-refractivity contribution >= 4 is 5.97 Å². The van der Waals surface area contributed by atoms with Crippen LogP contribution in [0.2, 0.25) is 0 Å². The Labute approximate surface area is 184 Å². The van der Waals surface area contributed by atoms with Gasteiger partial charge in [-0.05, 0) is 65.1 Å². The number of phenolic OH excluding ortho intramolecular Hbond substituents is 1. The predicted molar refractivity (Wildman–Crippen MR) is 120 cm³/mol. The van der Waals surface area contributed by atoms with Crippen LogP contribution in [0.4, 0.5) is 0 Å². The summed E-state index contributed by atoms with van der Waals surface area (Å²) in [6.45, 7) is 8.92. The van der Waals surface area contributed by atoms with Crippen molar-refractivity contribution < 1.29 is 24.5 Å².